The van der Waals surface area contributed by atoms with Gasteiger partial charge in [-0.15, -0.1) is 0 Å². The Hall–Kier alpha value is -5.06. The van der Waals surface area contributed by atoms with Crippen LogP contribution in [0.5, 0.6) is 0 Å². The normalized spacial score (nSPS) is 14.4. The quantitative estimate of drug-likeness (QED) is 0.372. The largest absolute Gasteiger partial charge is 0.381 e. The number of fused-ring (bicyclic) bond motifs is 1. The minimum absolute atomic E-state index is 0.0526. The van der Waals surface area contributed by atoms with Crippen molar-refractivity contribution in [3.05, 3.63) is 98.5 Å². The molecule has 3 N–H and O–H groups in total. The Morgan fingerprint density at radius 3 is 2.40 bits per heavy atom. The van der Waals surface area contributed by atoms with Crippen LogP contribution >= 0.6 is 0 Å². The number of rotatable bonds is 6. The number of anilines is 2. The number of nitrogens with one attached hydrogen (secondary N) is 1. The van der Waals surface area contributed by atoms with E-state index in [4.69, 9.17) is 10.3 Å². The van der Waals surface area contributed by atoms with Crippen LogP contribution in [0.4, 0.5) is 15.8 Å². The minimum atomic E-state index is -0.968. The summed E-state index contributed by atoms with van der Waals surface area (Å²) in [5.41, 5.74) is 7.78. The summed E-state index contributed by atoms with van der Waals surface area (Å²) in [5.74, 6) is -2.19. The van der Waals surface area contributed by atoms with Crippen LogP contribution in [-0.4, -0.2) is 27.4 Å². The van der Waals surface area contributed by atoms with Gasteiger partial charge < -0.3 is 20.5 Å². The van der Waals surface area contributed by atoms with Crippen molar-refractivity contribution in [3.63, 3.8) is 0 Å². The van der Waals surface area contributed by atoms with Crippen LogP contribution < -0.4 is 21.5 Å². The molecule has 0 saturated heterocycles. The van der Waals surface area contributed by atoms with Crippen molar-refractivity contribution in [1.82, 2.24) is 9.72 Å². The Bertz CT molecular complexity index is 1760. The van der Waals surface area contributed by atoms with E-state index >= 15 is 0 Å². The van der Waals surface area contributed by atoms with Crippen molar-refractivity contribution >= 4 is 29.1 Å². The van der Waals surface area contributed by atoms with Crippen LogP contribution in [0.25, 0.3) is 11.1 Å². The number of aromatic nitrogens is 2. The van der Waals surface area contributed by atoms with Gasteiger partial charge in [-0.2, -0.15) is 4.74 Å². The number of pyridine rings is 1. The Morgan fingerprint density at radius 2 is 1.80 bits per heavy atom. The molecule has 0 spiro atoms. The smallest absolute Gasteiger partial charge is 0.290 e. The van der Waals surface area contributed by atoms with Crippen molar-refractivity contribution < 1.29 is 23.3 Å². The molecular weight excluding hydrogens is 517 g/mol. The number of hydrogen-bond acceptors (Lipinski definition) is 6. The number of benzene rings is 2. The van der Waals surface area contributed by atoms with E-state index in [1.54, 1.807) is 49.1 Å². The molecule has 1 unspecified atom stereocenters. The lowest BCUT2D eigenvalue weighted by molar-refractivity contribution is 0.0984. The fraction of sp³-hybridized carbons (Fsp3) is 0.207. The van der Waals surface area contributed by atoms with Gasteiger partial charge in [-0.3, -0.25) is 19.2 Å². The molecule has 0 bridgehead atoms. The molecule has 3 heterocycles. The molecule has 1 aliphatic rings. The molecule has 2 aromatic heterocycles. The number of primary amides is 1. The van der Waals surface area contributed by atoms with Gasteiger partial charge in [-0.1, -0.05) is 19.1 Å². The number of aryl methyl sites for hydroxylation is 3. The second kappa shape index (κ2) is 9.92. The van der Waals surface area contributed by atoms with Crippen molar-refractivity contribution in [2.45, 2.75) is 33.2 Å². The first-order valence-electron chi connectivity index (χ1n) is 12.5. The molecule has 204 valence electrons. The number of amides is 3. The lowest BCUT2D eigenvalue weighted by Gasteiger charge is -2.25. The molecule has 1 atom stereocenters. The molecule has 0 aliphatic carbocycles. The van der Waals surface area contributed by atoms with E-state index in [1.165, 1.54) is 13.1 Å². The van der Waals surface area contributed by atoms with E-state index in [9.17, 15) is 23.6 Å². The number of nitrogens with two attached hydrogens (primary N) is 1. The zero-order valence-electron chi connectivity index (χ0n) is 22.2. The van der Waals surface area contributed by atoms with Crippen LogP contribution in [0.2, 0.25) is 0 Å². The number of halogens is 1. The molecule has 0 saturated carbocycles. The highest BCUT2D eigenvalue weighted by atomic mass is 19.1. The molecule has 4 aromatic rings. The average Bonchev–Trinajstić information content (AvgIpc) is 3.34. The third-order valence-corrected chi connectivity index (χ3v) is 6.93. The van der Waals surface area contributed by atoms with Crippen molar-refractivity contribution in [3.8, 4) is 11.1 Å². The Labute approximate surface area is 228 Å². The van der Waals surface area contributed by atoms with E-state index < -0.39 is 23.7 Å². The maximum absolute atomic E-state index is 13.9. The monoisotopic (exact) mass is 543 g/mol. The maximum Gasteiger partial charge on any atom is 0.290 e. The summed E-state index contributed by atoms with van der Waals surface area (Å²) in [6, 6.07) is 11.6. The summed E-state index contributed by atoms with van der Waals surface area (Å²) in [4.78, 5) is 57.2. The van der Waals surface area contributed by atoms with Gasteiger partial charge >= 0.3 is 0 Å². The molecule has 10 nitrogen and oxygen atoms in total. The zero-order chi connectivity index (χ0) is 28.9. The molecule has 5 rings (SSSR count). The van der Waals surface area contributed by atoms with Gasteiger partial charge in [0.1, 0.15) is 17.3 Å². The number of nitrogens with zero attached hydrogens (tertiary/aromatic N) is 3. The summed E-state index contributed by atoms with van der Waals surface area (Å²) in [6.07, 6.45) is 0.481. The van der Waals surface area contributed by atoms with E-state index in [2.05, 4.69) is 10.3 Å². The molecule has 2 aromatic carbocycles. The van der Waals surface area contributed by atoms with Gasteiger partial charge in [-0.25, -0.2) is 9.37 Å². The van der Waals surface area contributed by atoms with Gasteiger partial charge in [0.05, 0.1) is 17.2 Å². The van der Waals surface area contributed by atoms with E-state index in [1.807, 2.05) is 6.92 Å². The molecule has 0 radical (unpaired) electrons. The Morgan fingerprint density at radius 1 is 1.10 bits per heavy atom. The topological polar surface area (TPSA) is 141 Å². The number of carbonyl (C=O) groups excluding carboxylic acids is 3. The average molecular weight is 544 g/mol. The highest BCUT2D eigenvalue weighted by molar-refractivity contribution is 6.15. The van der Waals surface area contributed by atoms with Crippen LogP contribution in [-0.2, 0) is 7.05 Å². The summed E-state index contributed by atoms with van der Waals surface area (Å²) in [6.45, 7) is 5.29. The predicted octanol–water partition coefficient (Wildman–Crippen LogP) is 4.26. The van der Waals surface area contributed by atoms with Crippen LogP contribution in [0.15, 0.2) is 57.8 Å². The summed E-state index contributed by atoms with van der Waals surface area (Å²) >= 11 is 0. The first kappa shape index (κ1) is 26.5. The van der Waals surface area contributed by atoms with E-state index in [-0.39, 0.29) is 28.4 Å². The lowest BCUT2D eigenvalue weighted by Crippen LogP contribution is -2.28. The lowest BCUT2D eigenvalue weighted by atomic mass is 9.99. The van der Waals surface area contributed by atoms with Gasteiger partial charge in [0.2, 0.25) is 0 Å². The van der Waals surface area contributed by atoms with Crippen LogP contribution in [0.1, 0.15) is 67.6 Å². The van der Waals surface area contributed by atoms with Gasteiger partial charge in [0, 0.05) is 35.2 Å². The highest BCUT2D eigenvalue weighted by Crippen LogP contribution is 2.41. The molecule has 40 heavy (non-hydrogen) atoms. The van der Waals surface area contributed by atoms with Crippen molar-refractivity contribution in [2.75, 3.05) is 10.2 Å². The summed E-state index contributed by atoms with van der Waals surface area (Å²) in [7, 11) is 1.54. The SMILES string of the molecule is CCC1c2c(cc(C)nc2C(=O)Nc2ccc(F)c(C(N)=O)c2)C(=O)N1c1ccc(-c2c(C)on(C)c2=O)cc1. The summed E-state index contributed by atoms with van der Waals surface area (Å²) < 4.78 is 20.5. The second-order valence-electron chi connectivity index (χ2n) is 9.56. The third-order valence-electron chi connectivity index (χ3n) is 6.93. The number of carbonyl (C=O) groups is 3. The Balaban J connectivity index is 1.51. The zero-order valence-corrected chi connectivity index (χ0v) is 22.2. The molecule has 3 amide bonds. The second-order valence-corrected chi connectivity index (χ2v) is 9.56. The highest BCUT2D eigenvalue weighted by Gasteiger charge is 2.40. The number of hydrogen-bond donors (Lipinski definition) is 2. The van der Waals surface area contributed by atoms with Crippen molar-refractivity contribution in [2.24, 2.45) is 12.8 Å². The maximum atomic E-state index is 13.9. The standard InChI is InChI=1S/C29H26FN5O5/c1-5-22-24-20(12-14(2)32-25(24)27(37)33-17-8-11-21(30)19(13-17)26(31)36)28(38)35(22)18-9-6-16(7-10-18)23-15(3)40-34(4)29(23)39/h6-13,22H,5H2,1-4H3,(H2,31,36)(H,33,37). The van der Waals surface area contributed by atoms with Gasteiger partial charge in [0.15, 0.2) is 0 Å². The minimum Gasteiger partial charge on any atom is -0.381 e. The predicted molar refractivity (Wildman–Crippen MR) is 146 cm³/mol. The fourth-order valence-electron chi connectivity index (χ4n) is 5.15. The van der Waals surface area contributed by atoms with Gasteiger partial charge in [-0.05, 0) is 62.2 Å². The molecule has 11 heteroatoms. The van der Waals surface area contributed by atoms with Crippen LogP contribution in [0, 0.1) is 19.7 Å². The van der Waals surface area contributed by atoms with Gasteiger partial charge in [0.25, 0.3) is 23.3 Å². The molecular formula is C29H26FN5O5. The van der Waals surface area contributed by atoms with E-state index in [0.717, 1.165) is 16.9 Å². The summed E-state index contributed by atoms with van der Waals surface area (Å²) in [5, 5.41) is 2.64. The fourth-order valence-corrected chi connectivity index (χ4v) is 5.15. The van der Waals surface area contributed by atoms with E-state index in [0.29, 0.717) is 45.8 Å². The van der Waals surface area contributed by atoms with Crippen LogP contribution in [0.3, 0.4) is 0 Å². The third kappa shape index (κ3) is 4.35. The first-order valence-corrected chi connectivity index (χ1v) is 12.5. The Kier molecular flexibility index (Phi) is 6.58. The first-order chi connectivity index (χ1) is 19.0. The van der Waals surface area contributed by atoms with Crippen molar-refractivity contribution in [1.29, 1.82) is 0 Å². The molecule has 0 fully saturated rings. The molecule has 1 aliphatic heterocycles.